The van der Waals surface area contributed by atoms with Crippen LogP contribution in [-0.4, -0.2) is 65.9 Å². The van der Waals surface area contributed by atoms with E-state index in [9.17, 15) is 4.79 Å². The van der Waals surface area contributed by atoms with Crippen molar-refractivity contribution in [1.29, 1.82) is 0 Å². The van der Waals surface area contributed by atoms with Crippen LogP contribution in [0.4, 0.5) is 5.69 Å². The molecule has 5 rings (SSSR count). The number of carbonyl (C=O) groups excluding carboxylic acids is 1. The number of anilines is 1. The van der Waals surface area contributed by atoms with Crippen molar-refractivity contribution in [3.8, 4) is 5.75 Å². The molecule has 7 heteroatoms. The summed E-state index contributed by atoms with van der Waals surface area (Å²) in [7, 11) is 1.72. The van der Waals surface area contributed by atoms with E-state index in [-0.39, 0.29) is 17.5 Å². The molecule has 0 amide bonds. The molecule has 1 atom stereocenters. The zero-order valence-corrected chi connectivity index (χ0v) is 18.3. The molecule has 3 aliphatic rings. The quantitative estimate of drug-likeness (QED) is 0.688. The maximum absolute atomic E-state index is 12.7. The summed E-state index contributed by atoms with van der Waals surface area (Å²) in [6.07, 6.45) is 10.5. The van der Waals surface area contributed by atoms with E-state index in [0.29, 0.717) is 12.6 Å². The van der Waals surface area contributed by atoms with Gasteiger partial charge in [-0.2, -0.15) is 0 Å². The lowest BCUT2D eigenvalue weighted by molar-refractivity contribution is -0.151. The van der Waals surface area contributed by atoms with E-state index in [1.807, 2.05) is 16.8 Å². The number of ether oxygens (including phenoxy) is 2. The van der Waals surface area contributed by atoms with Gasteiger partial charge in [-0.1, -0.05) is 6.07 Å². The Labute approximate surface area is 183 Å². The van der Waals surface area contributed by atoms with Crippen LogP contribution in [0.25, 0.3) is 0 Å². The molecule has 1 spiro atoms. The molecule has 4 heterocycles. The van der Waals surface area contributed by atoms with Crippen LogP contribution < -0.4 is 9.64 Å². The van der Waals surface area contributed by atoms with Crippen LogP contribution in [0, 0.1) is 5.41 Å². The Kier molecular flexibility index (Phi) is 5.61. The van der Waals surface area contributed by atoms with Gasteiger partial charge in [-0.15, -0.1) is 0 Å². The van der Waals surface area contributed by atoms with Crippen molar-refractivity contribution >= 4 is 11.7 Å². The average Bonchev–Trinajstić information content (AvgIpc) is 3.42. The van der Waals surface area contributed by atoms with E-state index in [4.69, 9.17) is 9.47 Å². The first kappa shape index (κ1) is 20.4. The molecule has 1 unspecified atom stereocenters. The zero-order valence-electron chi connectivity index (χ0n) is 18.3. The molecule has 1 aromatic carbocycles. The Hall–Kier alpha value is -2.54. The molecule has 3 aliphatic heterocycles. The number of likely N-dealkylation sites (tertiary alicyclic amines) is 1. The first-order valence-corrected chi connectivity index (χ1v) is 11.5. The van der Waals surface area contributed by atoms with Gasteiger partial charge in [-0.05, 0) is 50.9 Å². The number of imidazole rings is 1. The molecule has 0 aliphatic carbocycles. The van der Waals surface area contributed by atoms with Crippen LogP contribution in [0.2, 0.25) is 0 Å². The van der Waals surface area contributed by atoms with Crippen molar-refractivity contribution < 1.29 is 14.3 Å². The summed E-state index contributed by atoms with van der Waals surface area (Å²) in [4.78, 5) is 21.9. The number of hydrogen-bond donors (Lipinski definition) is 0. The molecule has 0 saturated carbocycles. The minimum atomic E-state index is -0.275. The highest BCUT2D eigenvalue weighted by Crippen LogP contribution is 2.44. The third kappa shape index (κ3) is 4.15. The van der Waals surface area contributed by atoms with E-state index in [1.165, 1.54) is 5.69 Å². The topological polar surface area (TPSA) is 59.8 Å². The highest BCUT2D eigenvalue weighted by Gasteiger charge is 2.50. The number of hydrogen-bond acceptors (Lipinski definition) is 6. The molecule has 0 bridgehead atoms. The molecule has 3 fully saturated rings. The van der Waals surface area contributed by atoms with Gasteiger partial charge in [-0.25, -0.2) is 4.98 Å². The first-order valence-electron chi connectivity index (χ1n) is 11.5. The van der Waals surface area contributed by atoms with Gasteiger partial charge >= 0.3 is 5.97 Å². The smallest absolute Gasteiger partial charge is 0.312 e. The normalized spacial score (nSPS) is 24.5. The van der Waals surface area contributed by atoms with Gasteiger partial charge in [0.15, 0.2) is 0 Å². The fourth-order valence-corrected chi connectivity index (χ4v) is 5.59. The van der Waals surface area contributed by atoms with Gasteiger partial charge in [0.2, 0.25) is 0 Å². The fourth-order valence-electron chi connectivity index (χ4n) is 5.59. The van der Waals surface area contributed by atoms with Gasteiger partial charge in [0, 0.05) is 49.7 Å². The van der Waals surface area contributed by atoms with E-state index < -0.39 is 0 Å². The number of methoxy groups -OCH3 is 1. The van der Waals surface area contributed by atoms with Gasteiger partial charge in [-0.3, -0.25) is 4.79 Å². The average molecular weight is 425 g/mol. The number of esters is 1. The number of nitrogens with zero attached hydrogens (tertiary/aromatic N) is 4. The van der Waals surface area contributed by atoms with Crippen molar-refractivity contribution in [2.45, 2.75) is 50.8 Å². The van der Waals surface area contributed by atoms with Crippen molar-refractivity contribution in [2.24, 2.45) is 5.41 Å². The third-order valence-corrected chi connectivity index (χ3v) is 7.45. The molecule has 1 aromatic heterocycles. The molecule has 166 valence electrons. The Morgan fingerprint density at radius 1 is 1.19 bits per heavy atom. The Morgan fingerprint density at radius 2 is 2.00 bits per heavy atom. The van der Waals surface area contributed by atoms with Crippen LogP contribution in [0.3, 0.4) is 0 Å². The summed E-state index contributed by atoms with van der Waals surface area (Å²) in [6.45, 7) is 4.83. The second-order valence-corrected chi connectivity index (χ2v) is 9.23. The van der Waals surface area contributed by atoms with E-state index in [1.54, 1.807) is 19.6 Å². The lowest BCUT2D eigenvalue weighted by Gasteiger charge is -2.44. The van der Waals surface area contributed by atoms with Crippen molar-refractivity contribution in [1.82, 2.24) is 14.5 Å². The summed E-state index contributed by atoms with van der Waals surface area (Å²) >= 11 is 0. The van der Waals surface area contributed by atoms with Crippen LogP contribution in [0.15, 0.2) is 43.0 Å². The van der Waals surface area contributed by atoms with Crippen molar-refractivity contribution in [3.05, 3.63) is 43.0 Å². The number of aromatic nitrogens is 2. The highest BCUT2D eigenvalue weighted by molar-refractivity contribution is 5.79. The number of benzene rings is 1. The number of cyclic esters (lactones) is 1. The second kappa shape index (κ2) is 8.54. The largest absolute Gasteiger partial charge is 0.497 e. The molecular formula is C24H32N4O3. The fraction of sp³-hybridized carbons (Fsp3) is 0.583. The standard InChI is InChI=1S/C24H32N4O3/c1-30-21-4-2-3-20(15-21)27-10-5-19(6-11-27)28-12-7-24(8-13-28)16-22(31-23(24)29)17-26-14-9-25-18-26/h2-4,9,14-15,18-19,22H,5-8,10-13,16-17H2,1H3. The summed E-state index contributed by atoms with van der Waals surface area (Å²) in [5, 5.41) is 0. The number of piperidine rings is 2. The summed E-state index contributed by atoms with van der Waals surface area (Å²) in [5.74, 6) is 0.931. The lowest BCUT2D eigenvalue weighted by Crippen LogP contribution is -2.50. The maximum Gasteiger partial charge on any atom is 0.312 e. The summed E-state index contributed by atoms with van der Waals surface area (Å²) < 4.78 is 13.1. The van der Waals surface area contributed by atoms with E-state index >= 15 is 0 Å². The van der Waals surface area contributed by atoms with Crippen LogP contribution in [-0.2, 0) is 16.1 Å². The van der Waals surface area contributed by atoms with E-state index in [2.05, 4.69) is 33.0 Å². The number of rotatable bonds is 5. The Bertz CT molecular complexity index is 884. The highest BCUT2D eigenvalue weighted by atomic mass is 16.6. The Balaban J connectivity index is 1.13. The SMILES string of the molecule is COc1cccc(N2CCC(N3CCC4(CC3)CC(Cn3ccnc3)OC4=O)CC2)c1. The molecule has 0 radical (unpaired) electrons. The minimum absolute atomic E-state index is 0.0186. The van der Waals surface area contributed by atoms with Crippen molar-refractivity contribution in [3.63, 3.8) is 0 Å². The third-order valence-electron chi connectivity index (χ3n) is 7.45. The molecule has 7 nitrogen and oxygen atoms in total. The lowest BCUT2D eigenvalue weighted by atomic mass is 9.75. The van der Waals surface area contributed by atoms with E-state index in [0.717, 1.165) is 64.0 Å². The van der Waals surface area contributed by atoms with Gasteiger partial charge in [0.25, 0.3) is 0 Å². The molecule has 0 N–H and O–H groups in total. The van der Waals surface area contributed by atoms with Crippen LogP contribution in [0.1, 0.15) is 32.1 Å². The zero-order chi connectivity index (χ0) is 21.3. The minimum Gasteiger partial charge on any atom is -0.497 e. The maximum atomic E-state index is 12.7. The second-order valence-electron chi connectivity index (χ2n) is 9.23. The van der Waals surface area contributed by atoms with Gasteiger partial charge in [0.1, 0.15) is 11.9 Å². The predicted molar refractivity (Wildman–Crippen MR) is 118 cm³/mol. The predicted octanol–water partition coefficient (Wildman–Crippen LogP) is 2.96. The Morgan fingerprint density at radius 3 is 2.71 bits per heavy atom. The monoisotopic (exact) mass is 424 g/mol. The van der Waals surface area contributed by atoms with Gasteiger partial charge in [0.05, 0.1) is 25.4 Å². The summed E-state index contributed by atoms with van der Waals surface area (Å²) in [5.41, 5.74) is 0.969. The van der Waals surface area contributed by atoms with Crippen LogP contribution in [0.5, 0.6) is 5.75 Å². The van der Waals surface area contributed by atoms with Crippen molar-refractivity contribution in [2.75, 3.05) is 38.2 Å². The molecule has 3 saturated heterocycles. The first-order chi connectivity index (χ1) is 15.1. The molecular weight excluding hydrogens is 392 g/mol. The summed E-state index contributed by atoms with van der Waals surface area (Å²) in [6, 6.07) is 8.95. The van der Waals surface area contributed by atoms with Gasteiger partial charge < -0.3 is 23.8 Å². The number of carbonyl (C=O) groups is 1. The van der Waals surface area contributed by atoms with Crippen LogP contribution >= 0.6 is 0 Å². The molecule has 31 heavy (non-hydrogen) atoms. The molecule has 2 aromatic rings.